The standard InChI is InChI=1S/C15H15N3O2S.ClH/c1-2-9-3-4-11-10(7-9)13(19)8-12(17-11)14(20)18-15-16-5-6-21-15;/h3-4,7-8H,2,5-6H2,1H3,(H,17,19)(H,16,18,20);1H. The van der Waals surface area contributed by atoms with Crippen LogP contribution in [-0.2, 0) is 6.42 Å². The van der Waals surface area contributed by atoms with Gasteiger partial charge in [-0.15, -0.1) is 12.4 Å². The lowest BCUT2D eigenvalue weighted by Crippen LogP contribution is -2.29. The van der Waals surface area contributed by atoms with E-state index in [1.54, 1.807) is 0 Å². The first-order chi connectivity index (χ1) is 10.2. The molecule has 7 heteroatoms. The van der Waals surface area contributed by atoms with Crippen molar-refractivity contribution in [3.8, 4) is 0 Å². The Bertz CT molecular complexity index is 801. The maximum atomic E-state index is 12.2. The van der Waals surface area contributed by atoms with Crippen LogP contribution >= 0.6 is 24.2 Å². The van der Waals surface area contributed by atoms with E-state index >= 15 is 0 Å². The summed E-state index contributed by atoms with van der Waals surface area (Å²) in [4.78, 5) is 31.5. The first-order valence-electron chi connectivity index (χ1n) is 6.82. The van der Waals surface area contributed by atoms with Crippen molar-refractivity contribution >= 4 is 46.1 Å². The molecule has 0 unspecified atom stereocenters. The molecule has 1 amide bonds. The van der Waals surface area contributed by atoms with Gasteiger partial charge in [-0.25, -0.2) is 0 Å². The van der Waals surface area contributed by atoms with Crippen LogP contribution in [0.2, 0.25) is 0 Å². The van der Waals surface area contributed by atoms with Crippen LogP contribution in [0.4, 0.5) is 0 Å². The van der Waals surface area contributed by atoms with Crippen LogP contribution in [0.25, 0.3) is 10.9 Å². The molecule has 1 aromatic carbocycles. The number of carbonyl (C=O) groups is 1. The number of nitrogens with zero attached hydrogens (tertiary/aromatic N) is 1. The molecule has 1 aliphatic heterocycles. The Morgan fingerprint density at radius 1 is 1.41 bits per heavy atom. The smallest absolute Gasteiger partial charge is 0.273 e. The number of pyridine rings is 1. The summed E-state index contributed by atoms with van der Waals surface area (Å²) in [7, 11) is 0. The highest BCUT2D eigenvalue weighted by Crippen LogP contribution is 2.13. The molecule has 2 heterocycles. The number of halogens is 1. The minimum Gasteiger partial charge on any atom is -0.350 e. The number of aryl methyl sites for hydroxylation is 1. The van der Waals surface area contributed by atoms with E-state index in [9.17, 15) is 9.59 Å². The molecule has 0 atom stereocenters. The summed E-state index contributed by atoms with van der Waals surface area (Å²) < 4.78 is 0. The van der Waals surface area contributed by atoms with E-state index in [1.165, 1.54) is 17.8 Å². The Morgan fingerprint density at radius 3 is 2.91 bits per heavy atom. The fourth-order valence-electron chi connectivity index (χ4n) is 2.21. The number of thioether (sulfide) groups is 1. The predicted octanol–water partition coefficient (Wildman–Crippen LogP) is 2.34. The van der Waals surface area contributed by atoms with Gasteiger partial charge in [0.25, 0.3) is 5.91 Å². The van der Waals surface area contributed by atoms with Crippen molar-refractivity contribution in [1.82, 2.24) is 10.3 Å². The number of carbonyl (C=O) groups excluding carboxylic acids is 1. The van der Waals surface area contributed by atoms with Gasteiger partial charge in [0.15, 0.2) is 10.6 Å². The Morgan fingerprint density at radius 2 is 2.23 bits per heavy atom. The van der Waals surface area contributed by atoms with Crippen molar-refractivity contribution in [1.29, 1.82) is 0 Å². The zero-order valence-electron chi connectivity index (χ0n) is 12.0. The molecule has 116 valence electrons. The van der Waals surface area contributed by atoms with E-state index in [-0.39, 0.29) is 29.4 Å². The summed E-state index contributed by atoms with van der Waals surface area (Å²) in [6.45, 7) is 2.76. The average molecular weight is 338 g/mol. The first kappa shape index (κ1) is 16.6. The number of aromatic amines is 1. The van der Waals surface area contributed by atoms with Crippen molar-refractivity contribution in [3.63, 3.8) is 0 Å². The Labute approximate surface area is 138 Å². The van der Waals surface area contributed by atoms with Gasteiger partial charge in [0, 0.05) is 22.7 Å². The molecule has 3 rings (SSSR count). The minimum absolute atomic E-state index is 0. The summed E-state index contributed by atoms with van der Waals surface area (Å²) in [5.74, 6) is 0.547. The van der Waals surface area contributed by atoms with Gasteiger partial charge in [-0.05, 0) is 24.1 Å². The normalized spacial score (nSPS) is 13.6. The third-order valence-electron chi connectivity index (χ3n) is 3.35. The molecule has 0 fully saturated rings. The van der Waals surface area contributed by atoms with Gasteiger partial charge in [-0.3, -0.25) is 14.6 Å². The number of amidine groups is 1. The van der Waals surface area contributed by atoms with Crippen molar-refractivity contribution < 1.29 is 4.79 Å². The largest absolute Gasteiger partial charge is 0.350 e. The van der Waals surface area contributed by atoms with Crippen molar-refractivity contribution in [2.75, 3.05) is 12.3 Å². The monoisotopic (exact) mass is 337 g/mol. The lowest BCUT2D eigenvalue weighted by atomic mass is 10.1. The van der Waals surface area contributed by atoms with Gasteiger partial charge < -0.3 is 10.3 Å². The summed E-state index contributed by atoms with van der Waals surface area (Å²) in [6.07, 6.45) is 0.870. The lowest BCUT2D eigenvalue weighted by molar-refractivity contribution is 0.0973. The quantitative estimate of drug-likeness (QED) is 0.883. The predicted molar refractivity (Wildman–Crippen MR) is 93.4 cm³/mol. The molecule has 0 saturated carbocycles. The number of amides is 1. The number of benzene rings is 1. The van der Waals surface area contributed by atoms with Crippen molar-refractivity contribution in [2.24, 2.45) is 4.99 Å². The number of nitrogens with one attached hydrogen (secondary N) is 2. The number of H-pyrrole nitrogens is 1. The van der Waals surface area contributed by atoms with Gasteiger partial charge >= 0.3 is 0 Å². The SMILES string of the molecule is CCc1ccc2[nH]c(C(=O)NC3=NCCS3)cc(=O)c2c1.Cl. The highest BCUT2D eigenvalue weighted by Gasteiger charge is 2.14. The number of rotatable bonds is 2. The third kappa shape index (κ3) is 3.34. The Hall–Kier alpha value is -1.79. The molecule has 1 aliphatic rings. The Kier molecular flexibility index (Phi) is 5.26. The van der Waals surface area contributed by atoms with Crippen LogP contribution < -0.4 is 10.7 Å². The molecule has 22 heavy (non-hydrogen) atoms. The molecule has 0 spiro atoms. The number of aliphatic imine (C=N–C) groups is 1. The summed E-state index contributed by atoms with van der Waals surface area (Å²) in [5, 5.41) is 3.94. The molecule has 2 N–H and O–H groups in total. The van der Waals surface area contributed by atoms with Gasteiger partial charge in [0.05, 0.1) is 6.54 Å². The Balaban J connectivity index is 0.00000176. The second-order valence-electron chi connectivity index (χ2n) is 4.77. The molecule has 0 radical (unpaired) electrons. The van der Waals surface area contributed by atoms with Gasteiger partial charge in [0.2, 0.25) is 0 Å². The van der Waals surface area contributed by atoms with Gasteiger partial charge in [-0.2, -0.15) is 0 Å². The van der Waals surface area contributed by atoms with Crippen molar-refractivity contribution in [3.05, 3.63) is 45.7 Å². The molecule has 1 aromatic heterocycles. The van der Waals surface area contributed by atoms with E-state index in [1.807, 2.05) is 25.1 Å². The zero-order chi connectivity index (χ0) is 14.8. The zero-order valence-corrected chi connectivity index (χ0v) is 13.6. The van der Waals surface area contributed by atoms with Crippen molar-refractivity contribution in [2.45, 2.75) is 13.3 Å². The van der Waals surface area contributed by atoms with Crippen LogP contribution in [0.3, 0.4) is 0 Å². The number of hydrogen-bond donors (Lipinski definition) is 2. The minimum atomic E-state index is -0.332. The maximum Gasteiger partial charge on any atom is 0.273 e. The highest BCUT2D eigenvalue weighted by molar-refractivity contribution is 8.14. The fraction of sp³-hybridized carbons (Fsp3) is 0.267. The van der Waals surface area contributed by atoms with Gasteiger partial charge in [0.1, 0.15) is 5.69 Å². The van der Waals surface area contributed by atoms with Crippen LogP contribution in [0.5, 0.6) is 0 Å². The summed E-state index contributed by atoms with van der Waals surface area (Å²) in [5.41, 5.74) is 1.88. The van der Waals surface area contributed by atoms with Crippen LogP contribution in [-0.4, -0.2) is 28.4 Å². The van der Waals surface area contributed by atoms with Crippen LogP contribution in [0, 0.1) is 0 Å². The number of aromatic nitrogens is 1. The van der Waals surface area contributed by atoms with E-state index in [4.69, 9.17) is 0 Å². The molecule has 0 aliphatic carbocycles. The number of hydrogen-bond acceptors (Lipinski definition) is 4. The second kappa shape index (κ2) is 6.98. The molecule has 5 nitrogen and oxygen atoms in total. The van der Waals surface area contributed by atoms with E-state index in [0.717, 1.165) is 17.7 Å². The van der Waals surface area contributed by atoms with E-state index < -0.39 is 0 Å². The molecule has 0 bridgehead atoms. The van der Waals surface area contributed by atoms with E-state index in [2.05, 4.69) is 15.3 Å². The van der Waals surface area contributed by atoms with Crippen LogP contribution in [0.15, 0.2) is 34.1 Å². The second-order valence-corrected chi connectivity index (χ2v) is 5.85. The molecule has 2 aromatic rings. The summed E-state index contributed by atoms with van der Waals surface area (Å²) in [6, 6.07) is 7.01. The molecule has 0 saturated heterocycles. The molecular formula is C15H16ClN3O2S. The first-order valence-corrected chi connectivity index (χ1v) is 7.80. The molecular weight excluding hydrogens is 322 g/mol. The van der Waals surface area contributed by atoms with Crippen LogP contribution in [0.1, 0.15) is 23.0 Å². The lowest BCUT2D eigenvalue weighted by Gasteiger charge is -2.06. The highest BCUT2D eigenvalue weighted by atomic mass is 35.5. The topological polar surface area (TPSA) is 74.3 Å². The van der Waals surface area contributed by atoms with E-state index in [0.29, 0.717) is 22.6 Å². The average Bonchev–Trinajstić information content (AvgIpc) is 2.99. The van der Waals surface area contributed by atoms with Gasteiger partial charge in [-0.1, -0.05) is 24.8 Å². The fourth-order valence-corrected chi connectivity index (χ4v) is 2.94. The third-order valence-corrected chi connectivity index (χ3v) is 4.24. The number of fused-ring (bicyclic) bond motifs is 1. The summed E-state index contributed by atoms with van der Waals surface area (Å²) >= 11 is 1.50. The maximum absolute atomic E-state index is 12.2.